The van der Waals surface area contributed by atoms with Crippen molar-refractivity contribution < 1.29 is 14.6 Å². The first kappa shape index (κ1) is 18.5. The van der Waals surface area contributed by atoms with Crippen molar-refractivity contribution in [1.82, 2.24) is 9.97 Å². The molecule has 4 rings (SSSR count). The van der Waals surface area contributed by atoms with Crippen LogP contribution in [0.25, 0.3) is 0 Å². The average Bonchev–Trinajstić information content (AvgIpc) is 2.75. The van der Waals surface area contributed by atoms with Crippen LogP contribution in [0.5, 0.6) is 0 Å². The Labute approximate surface area is 164 Å². The highest BCUT2D eigenvalue weighted by Crippen LogP contribution is 2.24. The number of aliphatic carboxylic acids is 1. The molecule has 2 aromatic rings. The van der Waals surface area contributed by atoms with Crippen molar-refractivity contribution in [1.29, 1.82) is 0 Å². The summed E-state index contributed by atoms with van der Waals surface area (Å²) in [4.78, 5) is 24.5. The van der Waals surface area contributed by atoms with Crippen molar-refractivity contribution in [3.8, 4) is 0 Å². The highest BCUT2D eigenvalue weighted by atomic mass is 16.5. The maximum atomic E-state index is 11.3. The van der Waals surface area contributed by atoms with E-state index in [9.17, 15) is 9.90 Å². The quantitative estimate of drug-likeness (QED) is 0.813. The smallest absolute Gasteiger partial charge is 0.308 e. The molecule has 2 saturated heterocycles. The summed E-state index contributed by atoms with van der Waals surface area (Å²) in [5.74, 6) is 0.188. The van der Waals surface area contributed by atoms with Crippen molar-refractivity contribution in [2.24, 2.45) is 5.92 Å². The molecule has 2 fully saturated rings. The number of nitrogens with one attached hydrogen (secondary N) is 1. The summed E-state index contributed by atoms with van der Waals surface area (Å²) in [5.41, 5.74) is 2.09. The van der Waals surface area contributed by atoms with Crippen molar-refractivity contribution in [2.75, 3.05) is 54.5 Å². The number of carbonyl (C=O) groups is 1. The summed E-state index contributed by atoms with van der Waals surface area (Å²) in [6.07, 6.45) is 3.28. The molecule has 0 radical (unpaired) electrons. The number of rotatable bonds is 5. The highest BCUT2D eigenvalue weighted by molar-refractivity contribution is 5.71. The lowest BCUT2D eigenvalue weighted by Gasteiger charge is -2.31. The Kier molecular flexibility index (Phi) is 5.57. The van der Waals surface area contributed by atoms with Gasteiger partial charge in [-0.2, -0.15) is 4.98 Å². The van der Waals surface area contributed by atoms with E-state index in [1.54, 1.807) is 6.20 Å². The van der Waals surface area contributed by atoms with Crippen LogP contribution in [0.15, 0.2) is 36.5 Å². The molecule has 8 nitrogen and oxygen atoms in total. The normalized spacial score (nSPS) is 20.1. The lowest BCUT2D eigenvalue weighted by Crippen LogP contribution is -2.39. The van der Waals surface area contributed by atoms with Crippen LogP contribution in [0.1, 0.15) is 12.8 Å². The van der Waals surface area contributed by atoms with E-state index in [-0.39, 0.29) is 5.92 Å². The summed E-state index contributed by atoms with van der Waals surface area (Å²) >= 11 is 0. The van der Waals surface area contributed by atoms with Crippen molar-refractivity contribution >= 4 is 29.1 Å². The number of nitrogens with zero attached hydrogens (tertiary/aromatic N) is 4. The number of carboxylic acid groups (broad SMARTS) is 1. The third kappa shape index (κ3) is 4.33. The number of anilines is 4. The molecule has 3 heterocycles. The third-order valence-electron chi connectivity index (χ3n) is 5.24. The van der Waals surface area contributed by atoms with Crippen LogP contribution < -0.4 is 15.1 Å². The van der Waals surface area contributed by atoms with Gasteiger partial charge in [-0.15, -0.1) is 0 Å². The second kappa shape index (κ2) is 8.43. The predicted molar refractivity (Wildman–Crippen MR) is 107 cm³/mol. The first-order valence-electron chi connectivity index (χ1n) is 9.69. The number of hydrogen-bond acceptors (Lipinski definition) is 7. The van der Waals surface area contributed by atoms with E-state index in [4.69, 9.17) is 4.74 Å². The van der Waals surface area contributed by atoms with Gasteiger partial charge in [-0.25, -0.2) is 4.98 Å². The topological polar surface area (TPSA) is 90.8 Å². The maximum absolute atomic E-state index is 11.3. The summed E-state index contributed by atoms with van der Waals surface area (Å²) < 4.78 is 5.40. The second-order valence-corrected chi connectivity index (χ2v) is 7.13. The van der Waals surface area contributed by atoms with Crippen LogP contribution >= 0.6 is 0 Å². The molecule has 0 amide bonds. The first-order valence-corrected chi connectivity index (χ1v) is 9.69. The largest absolute Gasteiger partial charge is 0.481 e. The van der Waals surface area contributed by atoms with Crippen LogP contribution in [-0.2, 0) is 9.53 Å². The van der Waals surface area contributed by atoms with E-state index >= 15 is 0 Å². The van der Waals surface area contributed by atoms with Gasteiger partial charge in [-0.1, -0.05) is 0 Å². The van der Waals surface area contributed by atoms with E-state index in [1.165, 1.54) is 5.69 Å². The summed E-state index contributed by atoms with van der Waals surface area (Å²) in [5, 5.41) is 12.5. The zero-order valence-electron chi connectivity index (χ0n) is 15.8. The van der Waals surface area contributed by atoms with E-state index in [1.807, 2.05) is 23.1 Å². The van der Waals surface area contributed by atoms with Crippen molar-refractivity contribution in [3.63, 3.8) is 0 Å². The van der Waals surface area contributed by atoms with Gasteiger partial charge in [0.25, 0.3) is 0 Å². The van der Waals surface area contributed by atoms with E-state index in [2.05, 4.69) is 32.3 Å². The van der Waals surface area contributed by atoms with Crippen LogP contribution in [0.4, 0.5) is 23.1 Å². The fourth-order valence-electron chi connectivity index (χ4n) is 3.68. The molecule has 148 valence electrons. The first-order chi connectivity index (χ1) is 13.7. The summed E-state index contributed by atoms with van der Waals surface area (Å²) in [6, 6.07) is 10.0. The Balaban J connectivity index is 1.42. The summed E-state index contributed by atoms with van der Waals surface area (Å²) in [6.45, 7) is 4.64. The Morgan fingerprint density at radius 2 is 1.89 bits per heavy atom. The van der Waals surface area contributed by atoms with Gasteiger partial charge in [0.15, 0.2) is 0 Å². The molecule has 2 N–H and O–H groups in total. The fourth-order valence-corrected chi connectivity index (χ4v) is 3.68. The molecule has 2 aliphatic heterocycles. The lowest BCUT2D eigenvalue weighted by molar-refractivity contribution is -0.141. The number of aromatic nitrogens is 2. The monoisotopic (exact) mass is 383 g/mol. The molecule has 8 heteroatoms. The Bertz CT molecular complexity index is 808. The Morgan fingerprint density at radius 3 is 2.64 bits per heavy atom. The van der Waals surface area contributed by atoms with Gasteiger partial charge >= 0.3 is 5.97 Å². The van der Waals surface area contributed by atoms with Gasteiger partial charge in [-0.05, 0) is 43.2 Å². The van der Waals surface area contributed by atoms with Crippen LogP contribution in [0.3, 0.4) is 0 Å². The fraction of sp³-hybridized carbons (Fsp3) is 0.450. The van der Waals surface area contributed by atoms with Gasteiger partial charge in [-0.3, -0.25) is 4.79 Å². The van der Waals surface area contributed by atoms with Gasteiger partial charge in [0.1, 0.15) is 5.82 Å². The molecule has 1 aromatic carbocycles. The number of morpholine rings is 1. The summed E-state index contributed by atoms with van der Waals surface area (Å²) in [7, 11) is 0. The van der Waals surface area contributed by atoms with Crippen LogP contribution in [0.2, 0.25) is 0 Å². The number of benzene rings is 1. The molecule has 0 spiro atoms. The molecule has 0 unspecified atom stereocenters. The maximum Gasteiger partial charge on any atom is 0.308 e. The van der Waals surface area contributed by atoms with E-state index in [0.717, 1.165) is 57.2 Å². The Morgan fingerprint density at radius 1 is 1.11 bits per heavy atom. The number of piperidine rings is 1. The van der Waals surface area contributed by atoms with E-state index in [0.29, 0.717) is 12.5 Å². The number of ether oxygens (including phenoxy) is 1. The van der Waals surface area contributed by atoms with Crippen molar-refractivity contribution in [2.45, 2.75) is 12.8 Å². The van der Waals surface area contributed by atoms with Gasteiger partial charge < -0.3 is 25.0 Å². The minimum Gasteiger partial charge on any atom is -0.481 e. The molecule has 1 aromatic heterocycles. The second-order valence-electron chi connectivity index (χ2n) is 7.13. The minimum absolute atomic E-state index is 0.340. The molecule has 1 atom stereocenters. The molecular weight excluding hydrogens is 358 g/mol. The molecule has 0 bridgehead atoms. The molecular formula is C20H25N5O3. The number of carboxylic acids is 1. The number of hydrogen-bond donors (Lipinski definition) is 2. The third-order valence-corrected chi connectivity index (χ3v) is 5.24. The van der Waals surface area contributed by atoms with Gasteiger partial charge in [0.2, 0.25) is 5.95 Å². The van der Waals surface area contributed by atoms with E-state index < -0.39 is 5.97 Å². The molecule has 28 heavy (non-hydrogen) atoms. The molecule has 2 aliphatic rings. The van der Waals surface area contributed by atoms with Crippen LogP contribution in [0, 0.1) is 5.92 Å². The predicted octanol–water partition coefficient (Wildman–Crippen LogP) is 2.36. The standard InChI is InChI=1S/C20H25N5O3/c26-19(27)15-2-1-9-25(14-15)18-7-8-21-20(23-18)22-16-3-5-17(6-4-16)24-10-12-28-13-11-24/h3-8,15H,1-2,9-14H2,(H,26,27)(H,21,22,23)/t15-/m0/s1. The van der Waals surface area contributed by atoms with Crippen molar-refractivity contribution in [3.05, 3.63) is 36.5 Å². The van der Waals surface area contributed by atoms with Gasteiger partial charge in [0.05, 0.1) is 19.1 Å². The SMILES string of the molecule is O=C(O)[C@H]1CCCN(c2ccnc(Nc3ccc(N4CCOCC4)cc3)n2)C1. The zero-order chi connectivity index (χ0) is 19.3. The highest BCUT2D eigenvalue weighted by Gasteiger charge is 2.26. The van der Waals surface area contributed by atoms with Gasteiger partial charge in [0, 0.05) is 43.8 Å². The average molecular weight is 383 g/mol. The van der Waals surface area contributed by atoms with Crippen LogP contribution in [-0.4, -0.2) is 60.4 Å². The lowest BCUT2D eigenvalue weighted by atomic mass is 9.98. The minimum atomic E-state index is -0.738. The molecule has 0 saturated carbocycles. The zero-order valence-corrected chi connectivity index (χ0v) is 15.8. The Hall–Kier alpha value is -2.87. The molecule has 0 aliphatic carbocycles.